The van der Waals surface area contributed by atoms with Gasteiger partial charge in [-0.3, -0.25) is 5.41 Å². The Hall–Kier alpha value is -2.41. The van der Waals surface area contributed by atoms with E-state index in [0.717, 1.165) is 0 Å². The molecular formula is C12H14N4O3. The first kappa shape index (κ1) is 13.0. The molecule has 4 N–H and O–H groups in total. The summed E-state index contributed by atoms with van der Waals surface area (Å²) in [5, 5.41) is 41.1. The second-order valence-corrected chi connectivity index (χ2v) is 4.01. The number of nitrogens with one attached hydrogen (secondary N) is 1. The van der Waals surface area contributed by atoms with Crippen LogP contribution >= 0.6 is 0 Å². The summed E-state index contributed by atoms with van der Waals surface area (Å²) >= 11 is 0. The molecule has 0 unspecified atom stereocenters. The number of hydrogen-bond donors (Lipinski definition) is 4. The van der Waals surface area contributed by atoms with Crippen molar-refractivity contribution in [2.24, 2.45) is 10.1 Å². The van der Waals surface area contributed by atoms with E-state index in [1.54, 1.807) is 6.92 Å². The van der Waals surface area contributed by atoms with Crippen LogP contribution in [0.15, 0.2) is 22.2 Å². The van der Waals surface area contributed by atoms with E-state index in [1.807, 2.05) is 0 Å². The summed E-state index contributed by atoms with van der Waals surface area (Å²) < 4.78 is 0. The van der Waals surface area contributed by atoms with Gasteiger partial charge in [0.2, 0.25) is 0 Å². The number of aliphatic hydroxyl groups is 1. The molecule has 0 spiro atoms. The molecule has 0 fully saturated rings. The van der Waals surface area contributed by atoms with Crippen LogP contribution in [0, 0.1) is 12.3 Å². The average molecular weight is 262 g/mol. The van der Waals surface area contributed by atoms with Gasteiger partial charge in [-0.25, -0.2) is 10.0 Å². The van der Waals surface area contributed by atoms with E-state index in [1.165, 1.54) is 23.4 Å². The molecular weight excluding hydrogens is 248 g/mol. The largest absolute Gasteiger partial charge is 0.508 e. The second kappa shape index (κ2) is 5.07. The van der Waals surface area contributed by atoms with Gasteiger partial charge in [-0.15, -0.1) is 0 Å². The van der Waals surface area contributed by atoms with E-state index >= 15 is 0 Å². The molecule has 19 heavy (non-hydrogen) atoms. The van der Waals surface area contributed by atoms with Gasteiger partial charge in [0.25, 0.3) is 0 Å². The van der Waals surface area contributed by atoms with Crippen molar-refractivity contribution in [1.82, 2.24) is 5.01 Å². The minimum Gasteiger partial charge on any atom is -0.508 e. The number of phenolic OH excluding ortho intramolecular Hbond substituents is 2. The van der Waals surface area contributed by atoms with Crippen LogP contribution in [0.3, 0.4) is 0 Å². The van der Waals surface area contributed by atoms with E-state index < -0.39 is 0 Å². The summed E-state index contributed by atoms with van der Waals surface area (Å²) in [6.45, 7) is 1.67. The smallest absolute Gasteiger partial charge is 0.169 e. The molecule has 0 amide bonds. The second-order valence-electron chi connectivity index (χ2n) is 4.01. The predicted octanol–water partition coefficient (Wildman–Crippen LogP) is 0.750. The number of amidine groups is 1. The van der Waals surface area contributed by atoms with Gasteiger partial charge in [0, 0.05) is 5.56 Å². The van der Waals surface area contributed by atoms with Crippen LogP contribution < -0.4 is 0 Å². The van der Waals surface area contributed by atoms with Gasteiger partial charge in [0.1, 0.15) is 22.9 Å². The number of hydrogen-bond acceptors (Lipinski definition) is 6. The molecule has 1 aliphatic rings. The molecule has 0 radical (unpaired) electrons. The zero-order valence-electron chi connectivity index (χ0n) is 10.3. The number of rotatable bonds is 3. The molecule has 0 aliphatic carbocycles. The van der Waals surface area contributed by atoms with E-state index in [9.17, 15) is 10.2 Å². The predicted molar refractivity (Wildman–Crippen MR) is 71.6 cm³/mol. The summed E-state index contributed by atoms with van der Waals surface area (Å²) in [7, 11) is 0. The number of aromatic hydroxyl groups is 2. The van der Waals surface area contributed by atoms with Crippen LogP contribution in [0.2, 0.25) is 0 Å². The molecule has 0 bridgehead atoms. The Kier molecular flexibility index (Phi) is 3.48. The molecule has 100 valence electrons. The number of hydrazone groups is 1. The highest BCUT2D eigenvalue weighted by atomic mass is 16.3. The Balaban J connectivity index is 2.31. The first-order valence-corrected chi connectivity index (χ1v) is 5.66. The quantitative estimate of drug-likeness (QED) is 0.643. The fourth-order valence-electron chi connectivity index (χ4n) is 1.62. The lowest BCUT2D eigenvalue weighted by atomic mass is 10.1. The van der Waals surface area contributed by atoms with Crippen LogP contribution in [0.5, 0.6) is 11.5 Å². The van der Waals surface area contributed by atoms with Crippen molar-refractivity contribution in [2.75, 3.05) is 13.2 Å². The minimum atomic E-state index is -0.130. The summed E-state index contributed by atoms with van der Waals surface area (Å²) in [4.78, 5) is 4.13. The molecule has 7 nitrogen and oxygen atoms in total. The molecule has 1 aliphatic heterocycles. The van der Waals surface area contributed by atoms with E-state index in [-0.39, 0.29) is 41.9 Å². The van der Waals surface area contributed by atoms with E-state index in [4.69, 9.17) is 10.5 Å². The van der Waals surface area contributed by atoms with Gasteiger partial charge in [0.05, 0.1) is 19.4 Å². The van der Waals surface area contributed by atoms with Crippen molar-refractivity contribution in [2.45, 2.75) is 6.92 Å². The van der Waals surface area contributed by atoms with E-state index in [2.05, 4.69) is 10.1 Å². The maximum absolute atomic E-state index is 9.86. The lowest BCUT2D eigenvalue weighted by molar-refractivity contribution is 0.255. The first-order valence-electron chi connectivity index (χ1n) is 5.66. The fraction of sp³-hybridized carbons (Fsp3) is 0.250. The molecule has 0 aromatic heterocycles. The Morgan fingerprint density at radius 3 is 2.79 bits per heavy atom. The number of benzene rings is 1. The summed E-state index contributed by atoms with van der Waals surface area (Å²) in [6, 6.07) is 2.89. The van der Waals surface area contributed by atoms with Crippen molar-refractivity contribution in [3.8, 4) is 11.5 Å². The average Bonchev–Trinajstić information content (AvgIpc) is 2.73. The summed E-state index contributed by atoms with van der Waals surface area (Å²) in [5.41, 5.74) is 0.872. The topological polar surface area (TPSA) is 113 Å². The van der Waals surface area contributed by atoms with Crippen molar-refractivity contribution < 1.29 is 15.3 Å². The molecule has 1 aromatic rings. The third-order valence-corrected chi connectivity index (χ3v) is 2.75. The molecule has 7 heteroatoms. The molecule has 1 aromatic carbocycles. The highest BCUT2D eigenvalue weighted by Gasteiger charge is 2.20. The highest BCUT2D eigenvalue weighted by molar-refractivity contribution is 6.63. The molecule has 0 atom stereocenters. The summed E-state index contributed by atoms with van der Waals surface area (Å²) in [6.07, 6.45) is 1.39. The highest BCUT2D eigenvalue weighted by Crippen LogP contribution is 2.35. The van der Waals surface area contributed by atoms with Gasteiger partial charge >= 0.3 is 0 Å². The lowest BCUT2D eigenvalue weighted by Crippen LogP contribution is -2.28. The zero-order valence-corrected chi connectivity index (χ0v) is 10.3. The van der Waals surface area contributed by atoms with E-state index in [0.29, 0.717) is 5.56 Å². The normalized spacial score (nSPS) is 16.6. The molecule has 1 heterocycles. The number of aliphatic imine (C=N–C) groups is 1. The van der Waals surface area contributed by atoms with Crippen LogP contribution in [0.4, 0.5) is 5.69 Å². The third kappa shape index (κ3) is 2.41. The van der Waals surface area contributed by atoms with Gasteiger partial charge in [0.15, 0.2) is 5.84 Å². The third-order valence-electron chi connectivity index (χ3n) is 2.75. The van der Waals surface area contributed by atoms with Crippen molar-refractivity contribution in [3.05, 3.63) is 17.7 Å². The van der Waals surface area contributed by atoms with Crippen molar-refractivity contribution in [3.63, 3.8) is 0 Å². The number of β-amino-alcohol motifs (C(OH)–C–C–N with tert-alkyl or cyclic N) is 1. The Bertz CT molecular complexity index is 581. The Labute approximate surface area is 109 Å². The van der Waals surface area contributed by atoms with Crippen LogP contribution in [-0.2, 0) is 0 Å². The lowest BCUT2D eigenvalue weighted by Gasteiger charge is -2.11. The monoisotopic (exact) mass is 262 g/mol. The Morgan fingerprint density at radius 2 is 2.11 bits per heavy atom. The zero-order chi connectivity index (χ0) is 14.0. The number of aliphatic hydroxyl groups excluding tert-OH is 1. The Morgan fingerprint density at radius 1 is 1.37 bits per heavy atom. The van der Waals surface area contributed by atoms with Crippen LogP contribution in [-0.4, -0.2) is 51.2 Å². The number of nitrogens with zero attached hydrogens (tertiary/aromatic N) is 3. The first-order chi connectivity index (χ1) is 9.04. The molecule has 2 rings (SSSR count). The van der Waals surface area contributed by atoms with Gasteiger partial charge in [-0.2, -0.15) is 5.10 Å². The molecule has 0 saturated carbocycles. The maximum atomic E-state index is 9.86. The maximum Gasteiger partial charge on any atom is 0.169 e. The summed E-state index contributed by atoms with van der Waals surface area (Å²) in [5.74, 6) is -0.0907. The molecule has 0 saturated heterocycles. The van der Waals surface area contributed by atoms with Crippen molar-refractivity contribution >= 4 is 23.4 Å². The van der Waals surface area contributed by atoms with Gasteiger partial charge < -0.3 is 15.3 Å². The fourth-order valence-corrected chi connectivity index (χ4v) is 1.62. The standard InChI is InChI=1S/C12H14N4O3/c1-7-10(18)3-2-8(11(7)19)15-9-6-14-16(4-5-17)12(9)13/h2-3,6,13,17-19H,4-5H2,1H3. The van der Waals surface area contributed by atoms with Crippen LogP contribution in [0.1, 0.15) is 5.56 Å². The van der Waals surface area contributed by atoms with Gasteiger partial charge in [-0.1, -0.05) is 0 Å². The number of phenols is 2. The van der Waals surface area contributed by atoms with Crippen LogP contribution in [0.25, 0.3) is 0 Å². The SMILES string of the molecule is Cc1c(O)ccc(N=C2C=NN(CCO)C2=N)c1O. The van der Waals surface area contributed by atoms with Gasteiger partial charge in [-0.05, 0) is 19.1 Å². The minimum absolute atomic E-state index is 0.0153. The van der Waals surface area contributed by atoms with Crippen molar-refractivity contribution in [1.29, 1.82) is 5.41 Å².